The standard InChI is InChI=1S/C11H18O4S/c12-10(13)11(3-7-16-8-4-11)15-9-1-5-14-6-2-9/h9H,1-8H2,(H,12,13). The van der Waals surface area contributed by atoms with E-state index in [1.807, 2.05) is 11.8 Å². The third-order valence-electron chi connectivity index (χ3n) is 3.25. The Kier molecular flexibility index (Phi) is 4.10. The molecule has 0 spiro atoms. The Hall–Kier alpha value is -0.260. The molecule has 4 nitrogen and oxygen atoms in total. The van der Waals surface area contributed by atoms with Crippen LogP contribution in [-0.2, 0) is 14.3 Å². The molecule has 0 aliphatic carbocycles. The van der Waals surface area contributed by atoms with Gasteiger partial charge in [0.05, 0.1) is 6.10 Å². The molecule has 92 valence electrons. The highest BCUT2D eigenvalue weighted by Gasteiger charge is 2.43. The molecule has 2 fully saturated rings. The van der Waals surface area contributed by atoms with Crippen LogP contribution in [0.1, 0.15) is 25.7 Å². The van der Waals surface area contributed by atoms with Crippen molar-refractivity contribution in [3.05, 3.63) is 0 Å². The maximum absolute atomic E-state index is 11.4. The highest BCUT2D eigenvalue weighted by atomic mass is 32.2. The van der Waals surface area contributed by atoms with Crippen molar-refractivity contribution in [3.63, 3.8) is 0 Å². The van der Waals surface area contributed by atoms with E-state index in [9.17, 15) is 9.90 Å². The zero-order valence-electron chi connectivity index (χ0n) is 9.31. The predicted molar refractivity (Wildman–Crippen MR) is 61.9 cm³/mol. The summed E-state index contributed by atoms with van der Waals surface area (Å²) in [6.45, 7) is 1.38. The van der Waals surface area contributed by atoms with Crippen LogP contribution in [0.3, 0.4) is 0 Å². The van der Waals surface area contributed by atoms with E-state index in [1.54, 1.807) is 0 Å². The number of hydrogen-bond acceptors (Lipinski definition) is 4. The fourth-order valence-electron chi connectivity index (χ4n) is 2.20. The quantitative estimate of drug-likeness (QED) is 0.818. The monoisotopic (exact) mass is 246 g/mol. The zero-order chi connectivity index (χ0) is 11.4. The molecule has 0 aromatic heterocycles. The minimum atomic E-state index is -0.923. The largest absolute Gasteiger partial charge is 0.479 e. The summed E-state index contributed by atoms with van der Waals surface area (Å²) in [5.41, 5.74) is -0.923. The first-order chi connectivity index (χ1) is 7.73. The minimum Gasteiger partial charge on any atom is -0.479 e. The molecular formula is C11H18O4S. The molecular weight excluding hydrogens is 228 g/mol. The lowest BCUT2D eigenvalue weighted by Gasteiger charge is -2.37. The summed E-state index contributed by atoms with van der Waals surface area (Å²) in [6, 6.07) is 0. The van der Waals surface area contributed by atoms with Crippen molar-refractivity contribution in [1.29, 1.82) is 0 Å². The lowest BCUT2D eigenvalue weighted by Crippen LogP contribution is -2.48. The first kappa shape index (κ1) is 12.2. The van der Waals surface area contributed by atoms with E-state index in [0.29, 0.717) is 26.1 Å². The molecule has 16 heavy (non-hydrogen) atoms. The number of thioether (sulfide) groups is 1. The van der Waals surface area contributed by atoms with Crippen molar-refractivity contribution in [3.8, 4) is 0 Å². The third-order valence-corrected chi connectivity index (χ3v) is 4.24. The van der Waals surface area contributed by atoms with Crippen LogP contribution in [0.15, 0.2) is 0 Å². The summed E-state index contributed by atoms with van der Waals surface area (Å²) in [7, 11) is 0. The number of rotatable bonds is 3. The van der Waals surface area contributed by atoms with Gasteiger partial charge >= 0.3 is 5.97 Å². The van der Waals surface area contributed by atoms with Crippen LogP contribution in [0, 0.1) is 0 Å². The summed E-state index contributed by atoms with van der Waals surface area (Å²) in [4.78, 5) is 11.4. The van der Waals surface area contributed by atoms with Crippen LogP contribution < -0.4 is 0 Å². The van der Waals surface area contributed by atoms with E-state index in [0.717, 1.165) is 24.3 Å². The number of hydrogen-bond donors (Lipinski definition) is 1. The van der Waals surface area contributed by atoms with E-state index in [-0.39, 0.29) is 6.10 Å². The van der Waals surface area contributed by atoms with Gasteiger partial charge in [-0.2, -0.15) is 11.8 Å². The maximum Gasteiger partial charge on any atom is 0.336 e. The van der Waals surface area contributed by atoms with Crippen LogP contribution in [0.25, 0.3) is 0 Å². The normalized spacial score (nSPS) is 26.5. The van der Waals surface area contributed by atoms with Gasteiger partial charge in [-0.05, 0) is 37.2 Å². The smallest absolute Gasteiger partial charge is 0.336 e. The average Bonchev–Trinajstić information content (AvgIpc) is 2.31. The van der Waals surface area contributed by atoms with Crippen molar-refractivity contribution >= 4 is 17.7 Å². The van der Waals surface area contributed by atoms with E-state index < -0.39 is 11.6 Å². The number of carboxylic acid groups (broad SMARTS) is 1. The molecule has 5 heteroatoms. The Morgan fingerprint density at radius 2 is 1.94 bits per heavy atom. The molecule has 2 aliphatic rings. The fraction of sp³-hybridized carbons (Fsp3) is 0.909. The summed E-state index contributed by atoms with van der Waals surface area (Å²) in [5.74, 6) is 0.977. The Bertz CT molecular complexity index is 244. The second-order valence-corrected chi connectivity index (χ2v) is 5.57. The summed E-state index contributed by atoms with van der Waals surface area (Å²) >= 11 is 1.81. The van der Waals surface area contributed by atoms with Crippen LogP contribution >= 0.6 is 11.8 Å². The number of aliphatic carboxylic acids is 1. The molecule has 2 saturated heterocycles. The molecule has 2 rings (SSSR count). The molecule has 2 heterocycles. The second-order valence-electron chi connectivity index (χ2n) is 4.34. The molecule has 1 N–H and O–H groups in total. The van der Waals surface area contributed by atoms with E-state index in [1.165, 1.54) is 0 Å². The predicted octanol–water partition coefficient (Wildman–Crippen LogP) is 1.53. The van der Waals surface area contributed by atoms with Gasteiger partial charge < -0.3 is 14.6 Å². The lowest BCUT2D eigenvalue weighted by molar-refractivity contribution is -0.182. The zero-order valence-corrected chi connectivity index (χ0v) is 10.1. The number of carbonyl (C=O) groups is 1. The van der Waals surface area contributed by atoms with Gasteiger partial charge in [-0.1, -0.05) is 0 Å². The van der Waals surface area contributed by atoms with Gasteiger partial charge in [-0.3, -0.25) is 0 Å². The third kappa shape index (κ3) is 2.70. The molecule has 2 aliphatic heterocycles. The van der Waals surface area contributed by atoms with Crippen molar-refractivity contribution in [2.75, 3.05) is 24.7 Å². The van der Waals surface area contributed by atoms with Gasteiger partial charge in [0, 0.05) is 13.2 Å². The Morgan fingerprint density at radius 3 is 2.50 bits per heavy atom. The van der Waals surface area contributed by atoms with Gasteiger partial charge in [-0.25, -0.2) is 4.79 Å². The molecule has 0 aromatic carbocycles. The maximum atomic E-state index is 11.4. The first-order valence-corrected chi connectivity index (χ1v) is 6.95. The van der Waals surface area contributed by atoms with Gasteiger partial charge in [0.15, 0.2) is 5.60 Å². The molecule has 0 atom stereocenters. The highest BCUT2D eigenvalue weighted by molar-refractivity contribution is 7.99. The van der Waals surface area contributed by atoms with E-state index in [2.05, 4.69) is 0 Å². The fourth-order valence-corrected chi connectivity index (χ4v) is 3.35. The Labute approximate surface area is 99.7 Å². The van der Waals surface area contributed by atoms with Crippen LogP contribution in [0.4, 0.5) is 0 Å². The Balaban J connectivity index is 1.98. The van der Waals surface area contributed by atoms with Gasteiger partial charge in [0.25, 0.3) is 0 Å². The topological polar surface area (TPSA) is 55.8 Å². The summed E-state index contributed by atoms with van der Waals surface area (Å²) < 4.78 is 11.1. The summed E-state index contributed by atoms with van der Waals surface area (Å²) in [6.07, 6.45) is 2.96. The van der Waals surface area contributed by atoms with Gasteiger partial charge in [0.1, 0.15) is 0 Å². The van der Waals surface area contributed by atoms with E-state index in [4.69, 9.17) is 9.47 Å². The summed E-state index contributed by atoms with van der Waals surface area (Å²) in [5, 5.41) is 9.35. The van der Waals surface area contributed by atoms with E-state index >= 15 is 0 Å². The van der Waals surface area contributed by atoms with Crippen LogP contribution in [0.5, 0.6) is 0 Å². The van der Waals surface area contributed by atoms with Crippen molar-refractivity contribution in [2.45, 2.75) is 37.4 Å². The lowest BCUT2D eigenvalue weighted by atomic mass is 9.95. The second kappa shape index (κ2) is 5.38. The average molecular weight is 246 g/mol. The molecule has 0 amide bonds. The van der Waals surface area contributed by atoms with Crippen molar-refractivity contribution in [1.82, 2.24) is 0 Å². The van der Waals surface area contributed by atoms with Crippen molar-refractivity contribution < 1.29 is 19.4 Å². The number of carboxylic acids is 1. The SMILES string of the molecule is O=C(O)C1(OC2CCOCC2)CCSCC1. The highest BCUT2D eigenvalue weighted by Crippen LogP contribution is 2.33. The first-order valence-electron chi connectivity index (χ1n) is 5.80. The Morgan fingerprint density at radius 1 is 1.31 bits per heavy atom. The molecule has 0 saturated carbocycles. The van der Waals surface area contributed by atoms with Gasteiger partial charge in [0.2, 0.25) is 0 Å². The van der Waals surface area contributed by atoms with Crippen LogP contribution in [0.2, 0.25) is 0 Å². The number of ether oxygens (including phenoxy) is 2. The molecule has 0 unspecified atom stereocenters. The van der Waals surface area contributed by atoms with Crippen LogP contribution in [-0.4, -0.2) is 47.5 Å². The van der Waals surface area contributed by atoms with Gasteiger partial charge in [-0.15, -0.1) is 0 Å². The molecule has 0 radical (unpaired) electrons. The molecule has 0 bridgehead atoms. The van der Waals surface area contributed by atoms with Crippen molar-refractivity contribution in [2.24, 2.45) is 0 Å². The minimum absolute atomic E-state index is 0.0629. The molecule has 0 aromatic rings.